The van der Waals surface area contributed by atoms with E-state index in [0.717, 1.165) is 98.1 Å². The molecule has 750 valence electrons. The van der Waals surface area contributed by atoms with Gasteiger partial charge >= 0.3 is 6.08 Å². The number of halogens is 16. The van der Waals surface area contributed by atoms with Crippen LogP contribution in [0.15, 0.2) is 288 Å². The van der Waals surface area contributed by atoms with Crippen molar-refractivity contribution in [3.63, 3.8) is 0 Å². The Bertz CT molecular complexity index is 7050. The number of nitrogens with zero attached hydrogens (tertiary/aromatic N) is 19. The van der Waals surface area contributed by atoms with Crippen molar-refractivity contribution in [2.75, 3.05) is 35.2 Å². The average molecular weight is 2070 g/mol. The largest absolute Gasteiger partial charge is 0.472 e. The molecule has 0 saturated carbocycles. The quantitative estimate of drug-likeness (QED) is 0.0349. The molecule has 0 spiro atoms. The highest BCUT2D eigenvalue weighted by atomic mass is 32.1. The number of benzene rings is 5. The molecule has 15 heterocycles. The zero-order valence-corrected chi connectivity index (χ0v) is 77.9. The fraction of sp³-hybridized carbons (Fsp3) is 0.153. The first kappa shape index (κ1) is 102. The standard InChI is InChI=1S/C20H14F4N6O.C20H15F3N4O2.C20H15F3N4OS.C19H14F3N5O2.C19H14F3N5OS/c1-30-17(31)20(29-19(30)25,12-4-5-26-15(7-12)16(22)23)11-2-3-14(21)13(6-11)10-8-27-18(24)28-9-10;2*1-27-18(28)20(26-19(27)24,13-4-6-25-16(9-13)17(22)23)12-2-3-15(21)14(8-12)11-5-7-29-10-11;2*1-27-17(28)19(26-18(27)23,11-4-5-24-14(7-11)16(21)22)10-2-3-13(20)12(6-10)15-8-29-9-25-15/h2-9,16H,1H3,(H2,25,29);2*2-10,17H,1H3,(H2,24,26);2*2-9,16H,1H3,(H2,23,26). The Morgan fingerprint density at radius 3 is 0.830 bits per heavy atom. The molecular weight excluding hydrogens is 1990 g/mol. The molecule has 10 aromatic heterocycles. The lowest BCUT2D eigenvalue weighted by Crippen LogP contribution is -2.41. The van der Waals surface area contributed by atoms with E-state index in [-0.39, 0.29) is 119 Å². The average Bonchev–Trinajstić information content (AvgIpc) is 1.66. The van der Waals surface area contributed by atoms with E-state index >= 15 is 0 Å². The van der Waals surface area contributed by atoms with E-state index in [2.05, 4.69) is 69.8 Å². The van der Waals surface area contributed by atoms with Gasteiger partial charge in [-0.15, -0.1) is 11.3 Å². The number of pyridine rings is 5. The molecular formula is C98H72F16N24O7S2. The minimum Gasteiger partial charge on any atom is -0.472 e. The van der Waals surface area contributed by atoms with Crippen molar-refractivity contribution >= 4 is 82.0 Å². The summed E-state index contributed by atoms with van der Waals surface area (Å²) in [6, 6.07) is 35.6. The van der Waals surface area contributed by atoms with E-state index in [4.69, 9.17) is 37.5 Å². The van der Waals surface area contributed by atoms with Crippen LogP contribution in [0.5, 0.6) is 0 Å². The van der Waals surface area contributed by atoms with Crippen molar-refractivity contribution in [1.82, 2.24) is 69.4 Å². The molecule has 15 aromatic rings. The Hall–Kier alpha value is -17.7. The normalized spacial score (nSPS) is 19.0. The van der Waals surface area contributed by atoms with Crippen molar-refractivity contribution in [3.8, 4) is 55.9 Å². The molecule has 0 aliphatic carbocycles. The number of aliphatic imine (C=N–C) groups is 5. The maximum atomic E-state index is 14.6. The molecule has 5 aromatic carbocycles. The number of thiazole rings is 1. The predicted molar refractivity (Wildman–Crippen MR) is 502 cm³/mol. The number of hydrogen-bond donors (Lipinski definition) is 5. The Morgan fingerprint density at radius 2 is 0.578 bits per heavy atom. The summed E-state index contributed by atoms with van der Waals surface area (Å²) < 4.78 is 228. The highest BCUT2D eigenvalue weighted by Crippen LogP contribution is 2.49. The number of oxazole rings is 1. The van der Waals surface area contributed by atoms with Gasteiger partial charge in [0.25, 0.3) is 61.7 Å². The first-order valence-electron chi connectivity index (χ1n) is 42.8. The number of guanidine groups is 5. The zero-order valence-electron chi connectivity index (χ0n) is 76.2. The van der Waals surface area contributed by atoms with Gasteiger partial charge in [-0.3, -0.25) is 73.4 Å². The third-order valence-corrected chi connectivity index (χ3v) is 25.5. The number of thiophene rings is 1. The van der Waals surface area contributed by atoms with E-state index in [0.29, 0.717) is 22.4 Å². The summed E-state index contributed by atoms with van der Waals surface area (Å²) in [6.07, 6.45) is -2.06. The Kier molecular flexibility index (Phi) is 28.5. The van der Waals surface area contributed by atoms with Crippen LogP contribution in [0.2, 0.25) is 0 Å². The predicted octanol–water partition coefficient (Wildman–Crippen LogP) is 16.3. The van der Waals surface area contributed by atoms with Gasteiger partial charge in [0.2, 0.25) is 0 Å². The molecule has 0 radical (unpaired) electrons. The lowest BCUT2D eigenvalue weighted by atomic mass is 9.82. The molecule has 147 heavy (non-hydrogen) atoms. The van der Waals surface area contributed by atoms with Gasteiger partial charge in [0.15, 0.2) is 63.9 Å². The maximum Gasteiger partial charge on any atom is 0.308 e. The summed E-state index contributed by atoms with van der Waals surface area (Å²) in [5.41, 5.74) is 24.1. The molecule has 5 aliphatic heterocycles. The topological polar surface area (TPSA) is 436 Å². The van der Waals surface area contributed by atoms with E-state index in [1.807, 2.05) is 0 Å². The van der Waals surface area contributed by atoms with E-state index in [1.54, 1.807) is 33.8 Å². The number of alkyl halides is 10. The number of hydrogen-bond acceptors (Lipinski definition) is 28. The SMILES string of the molecule is CN1C(=O)C(c2ccnc(C(F)F)c2)(c2ccc(F)c(-c3ccoc3)c2)N=C1N.CN1C(=O)C(c2ccnc(C(F)F)c2)(c2ccc(F)c(-c3ccsc3)c2)N=C1N.CN1C(=O)C(c2ccnc(C(F)F)c2)(c2ccc(F)c(-c3cnc(F)nc3)c2)N=C1N.CN1C(=O)C(c2ccnc(C(F)F)c2)(c2ccc(F)c(-c3cocn3)c2)N=C1N.CN1C(=O)C(c2ccnc(C(F)F)c2)(c2ccc(F)c(-c3cscn3)c2)N=C1N. The molecule has 0 fully saturated rings. The van der Waals surface area contributed by atoms with Crippen LogP contribution in [-0.2, 0) is 51.7 Å². The molecule has 10 N–H and O–H groups in total. The molecule has 5 atom stereocenters. The van der Waals surface area contributed by atoms with E-state index in [9.17, 15) is 94.2 Å². The van der Waals surface area contributed by atoms with Crippen LogP contribution in [0.4, 0.5) is 70.2 Å². The van der Waals surface area contributed by atoms with Crippen LogP contribution in [-0.4, -0.2) is 164 Å². The number of furan rings is 1. The lowest BCUT2D eigenvalue weighted by molar-refractivity contribution is -0.130. The summed E-state index contributed by atoms with van der Waals surface area (Å²) in [7, 11) is 7.11. The minimum atomic E-state index is -2.88. The summed E-state index contributed by atoms with van der Waals surface area (Å²) >= 11 is 2.69. The maximum absolute atomic E-state index is 14.6. The first-order valence-corrected chi connectivity index (χ1v) is 44.7. The summed E-state index contributed by atoms with van der Waals surface area (Å²) in [5.74, 6) is -6.11. The Labute approximate surface area is 828 Å². The van der Waals surface area contributed by atoms with Crippen LogP contribution < -0.4 is 28.7 Å². The molecule has 0 bridgehead atoms. The Morgan fingerprint density at radius 1 is 0.293 bits per heavy atom. The van der Waals surface area contributed by atoms with Gasteiger partial charge in [-0.2, -0.15) is 15.7 Å². The first-order chi connectivity index (χ1) is 70.1. The van der Waals surface area contributed by atoms with Gasteiger partial charge < -0.3 is 37.5 Å². The smallest absolute Gasteiger partial charge is 0.308 e. The third kappa shape index (κ3) is 18.8. The summed E-state index contributed by atoms with van der Waals surface area (Å²) in [4.78, 5) is 126. The number of likely N-dealkylation sites (N-methyl/N-ethyl adjacent to an activating group) is 5. The van der Waals surface area contributed by atoms with Crippen LogP contribution in [0.1, 0.15) is 116 Å². The molecule has 20 rings (SSSR count). The van der Waals surface area contributed by atoms with Crippen LogP contribution >= 0.6 is 22.7 Å². The van der Waals surface area contributed by atoms with Crippen LogP contribution in [0.25, 0.3) is 55.9 Å². The number of carbonyl (C=O) groups excluding carboxylic acids is 5. The van der Waals surface area contributed by atoms with E-state index in [1.165, 1.54) is 204 Å². The second-order valence-corrected chi connectivity index (χ2v) is 34.1. The summed E-state index contributed by atoms with van der Waals surface area (Å²) in [6.45, 7) is 0. The third-order valence-electron chi connectivity index (χ3n) is 24.2. The second kappa shape index (κ2) is 41.0. The van der Waals surface area contributed by atoms with Crippen molar-refractivity contribution in [3.05, 3.63) is 373 Å². The second-order valence-electron chi connectivity index (χ2n) is 32.6. The lowest BCUT2D eigenvalue weighted by Gasteiger charge is -2.27. The fourth-order valence-electron chi connectivity index (χ4n) is 16.7. The number of nitrogens with two attached hydrogens (primary N) is 5. The zero-order chi connectivity index (χ0) is 105. The van der Waals surface area contributed by atoms with Crippen molar-refractivity contribution in [2.24, 2.45) is 53.6 Å². The molecule has 5 aliphatic rings. The van der Waals surface area contributed by atoms with Crippen LogP contribution in [0.3, 0.4) is 0 Å². The van der Waals surface area contributed by atoms with Crippen molar-refractivity contribution in [1.29, 1.82) is 0 Å². The van der Waals surface area contributed by atoms with Gasteiger partial charge in [-0.25, -0.2) is 111 Å². The van der Waals surface area contributed by atoms with Crippen LogP contribution in [0, 0.1) is 35.2 Å². The molecule has 31 nitrogen and oxygen atoms in total. The number of rotatable bonds is 20. The van der Waals surface area contributed by atoms with Crippen molar-refractivity contribution in [2.45, 2.75) is 59.8 Å². The number of carbonyl (C=O) groups is 5. The molecule has 0 saturated heterocycles. The highest BCUT2D eigenvalue weighted by Gasteiger charge is 2.56. The molecule has 49 heteroatoms. The van der Waals surface area contributed by atoms with E-state index < -0.39 is 153 Å². The fourth-order valence-corrected chi connectivity index (χ4v) is 17.9. The van der Waals surface area contributed by atoms with Gasteiger partial charge in [0, 0.05) is 123 Å². The molecule has 5 amide bonds. The number of amides is 5. The highest BCUT2D eigenvalue weighted by molar-refractivity contribution is 7.08. The van der Waals surface area contributed by atoms with Crippen molar-refractivity contribution < 1.29 is 103 Å². The van der Waals surface area contributed by atoms with Gasteiger partial charge in [-0.1, -0.05) is 30.3 Å². The van der Waals surface area contributed by atoms with Gasteiger partial charge in [0.1, 0.15) is 69.5 Å². The number of aromatic nitrogens is 9. The Balaban J connectivity index is 0.000000131. The molecule has 5 unspecified atom stereocenters. The minimum absolute atomic E-state index is 0.0314. The van der Waals surface area contributed by atoms with Gasteiger partial charge in [-0.05, 0) is 205 Å². The van der Waals surface area contributed by atoms with Gasteiger partial charge in [0.05, 0.1) is 23.7 Å². The summed E-state index contributed by atoms with van der Waals surface area (Å²) in [5, 5.41) is 5.24. The monoisotopic (exact) mass is 2060 g/mol.